The molecule has 0 saturated carbocycles. The maximum atomic E-state index is 15.1. The van der Waals surface area contributed by atoms with Crippen molar-refractivity contribution in [3.05, 3.63) is 70.9 Å². The summed E-state index contributed by atoms with van der Waals surface area (Å²) < 4.78 is 26.6. The van der Waals surface area contributed by atoms with Crippen molar-refractivity contribution in [1.29, 1.82) is 0 Å². The molecule has 7 rings (SSSR count). The van der Waals surface area contributed by atoms with Crippen molar-refractivity contribution in [2.75, 3.05) is 26.3 Å². The molecule has 5 heterocycles. The van der Waals surface area contributed by atoms with E-state index in [1.807, 2.05) is 6.07 Å². The number of piperidine rings is 1. The third kappa shape index (κ3) is 5.06. The number of fused-ring (bicyclic) bond motifs is 2. The highest BCUT2D eigenvalue weighted by atomic mass is 19.1. The van der Waals surface area contributed by atoms with Crippen LogP contribution in [0.3, 0.4) is 0 Å². The minimum atomic E-state index is -1.15. The maximum Gasteiger partial charge on any atom is 0.255 e. The second kappa shape index (κ2) is 10.5. The number of amides is 3. The molecule has 0 bridgehead atoms. The zero-order valence-corrected chi connectivity index (χ0v) is 22.6. The van der Waals surface area contributed by atoms with Crippen LogP contribution in [0.5, 0.6) is 5.75 Å². The Hall–Kier alpha value is -3.89. The van der Waals surface area contributed by atoms with Crippen molar-refractivity contribution < 1.29 is 28.2 Å². The fourth-order valence-corrected chi connectivity index (χ4v) is 6.39. The molecule has 0 radical (unpaired) electrons. The van der Waals surface area contributed by atoms with E-state index < -0.39 is 24.2 Å². The number of pyridine rings is 1. The van der Waals surface area contributed by atoms with Crippen LogP contribution in [0.1, 0.15) is 52.4 Å². The highest BCUT2D eigenvalue weighted by Gasteiger charge is 2.40. The van der Waals surface area contributed by atoms with E-state index in [1.165, 1.54) is 4.90 Å². The first-order chi connectivity index (χ1) is 19.9. The summed E-state index contributed by atoms with van der Waals surface area (Å²) in [7, 11) is 0. The minimum Gasteiger partial charge on any atom is -0.486 e. The first-order valence-corrected chi connectivity index (χ1v) is 14.2. The topological polar surface area (TPSA) is 101 Å². The number of nitrogens with zero attached hydrogens (tertiary/aromatic N) is 3. The summed E-state index contributed by atoms with van der Waals surface area (Å²) >= 11 is 0. The van der Waals surface area contributed by atoms with Crippen LogP contribution in [0.4, 0.5) is 4.39 Å². The minimum absolute atomic E-state index is 0.203. The Morgan fingerprint density at radius 3 is 2.78 bits per heavy atom. The Kier molecular flexibility index (Phi) is 6.67. The number of aromatic nitrogens is 1. The molecule has 9 nitrogen and oxygen atoms in total. The number of hydrogen-bond acceptors (Lipinski definition) is 7. The summed E-state index contributed by atoms with van der Waals surface area (Å²) in [5, 5.41) is 3.37. The second-order valence-electron chi connectivity index (χ2n) is 11.4. The number of imide groups is 1. The lowest BCUT2D eigenvalue weighted by molar-refractivity contribution is -0.136. The van der Waals surface area contributed by atoms with Gasteiger partial charge in [0, 0.05) is 61.8 Å². The predicted octanol–water partition coefficient (Wildman–Crippen LogP) is 3.10. The van der Waals surface area contributed by atoms with Crippen LogP contribution >= 0.6 is 0 Å². The summed E-state index contributed by atoms with van der Waals surface area (Å²) in [6.45, 7) is 3.08. The number of carbonyl (C=O) groups is 3. The molecule has 41 heavy (non-hydrogen) atoms. The van der Waals surface area contributed by atoms with Crippen LogP contribution in [-0.4, -0.2) is 77.1 Å². The van der Waals surface area contributed by atoms with Crippen molar-refractivity contribution in [3.63, 3.8) is 0 Å². The van der Waals surface area contributed by atoms with E-state index in [0.717, 1.165) is 47.4 Å². The smallest absolute Gasteiger partial charge is 0.255 e. The molecule has 2 aromatic carbocycles. The largest absolute Gasteiger partial charge is 0.486 e. The number of benzene rings is 2. The van der Waals surface area contributed by atoms with Gasteiger partial charge in [-0.3, -0.25) is 29.6 Å². The van der Waals surface area contributed by atoms with Gasteiger partial charge in [-0.1, -0.05) is 12.1 Å². The van der Waals surface area contributed by atoms with Crippen LogP contribution < -0.4 is 10.1 Å². The van der Waals surface area contributed by atoms with E-state index in [4.69, 9.17) is 14.5 Å². The molecule has 1 aromatic heterocycles. The average Bonchev–Trinajstić information content (AvgIpc) is 3.69. The van der Waals surface area contributed by atoms with Gasteiger partial charge < -0.3 is 14.4 Å². The second-order valence-corrected chi connectivity index (χ2v) is 11.4. The molecule has 4 atom stereocenters. The van der Waals surface area contributed by atoms with Gasteiger partial charge in [0.25, 0.3) is 5.91 Å². The average molecular weight is 559 g/mol. The SMILES string of the molecule is O=C1CCC(N2Cc3cc(O[C@@H]4CN(Cc5ccc6nc([C@H]7CCOC7)ccc6c5)C[C@@H]4F)ccc3C2=O)C(=O)N1. The molecule has 3 fully saturated rings. The Labute approximate surface area is 236 Å². The Balaban J connectivity index is 0.988. The number of rotatable bonds is 6. The number of nitrogens with one attached hydrogen (secondary N) is 1. The van der Waals surface area contributed by atoms with Crippen molar-refractivity contribution >= 4 is 28.6 Å². The standard InChI is InChI=1S/C31H31FN4O5/c32-24-15-35(13-18-1-5-25-19(11-18)2-6-26(33-25)20-9-10-40-17-20)16-28(24)41-22-3-4-23-21(12-22)14-36(31(23)39)27-7-8-29(37)34-30(27)38/h1-6,11-12,20,24,27-28H,7-10,13-17H2,(H,34,37,38)/t20-,24-,27?,28+/m0/s1. The first kappa shape index (κ1) is 26.0. The lowest BCUT2D eigenvalue weighted by Gasteiger charge is -2.29. The molecule has 0 spiro atoms. The number of hydrogen-bond donors (Lipinski definition) is 1. The number of likely N-dealkylation sites (tertiary alicyclic amines) is 1. The lowest BCUT2D eigenvalue weighted by Crippen LogP contribution is -2.52. The summed E-state index contributed by atoms with van der Waals surface area (Å²) in [5.74, 6) is -0.157. The third-order valence-electron chi connectivity index (χ3n) is 8.59. The Morgan fingerprint density at radius 1 is 1.05 bits per heavy atom. The van der Waals surface area contributed by atoms with Crippen LogP contribution in [0.2, 0.25) is 0 Å². The molecule has 3 aromatic rings. The molecule has 10 heteroatoms. The number of carbonyl (C=O) groups excluding carboxylic acids is 3. The molecule has 4 aliphatic heterocycles. The fourth-order valence-electron chi connectivity index (χ4n) is 6.39. The molecule has 3 saturated heterocycles. The lowest BCUT2D eigenvalue weighted by atomic mass is 10.0. The van der Waals surface area contributed by atoms with Crippen LogP contribution in [-0.2, 0) is 27.4 Å². The van der Waals surface area contributed by atoms with Gasteiger partial charge in [0.05, 0.1) is 12.1 Å². The number of ether oxygens (including phenoxy) is 2. The van der Waals surface area contributed by atoms with Crippen molar-refractivity contribution in [1.82, 2.24) is 20.1 Å². The Morgan fingerprint density at radius 2 is 1.95 bits per heavy atom. The molecular weight excluding hydrogens is 527 g/mol. The third-order valence-corrected chi connectivity index (χ3v) is 8.59. The summed E-state index contributed by atoms with van der Waals surface area (Å²) in [4.78, 5) is 45.1. The first-order valence-electron chi connectivity index (χ1n) is 14.2. The van der Waals surface area contributed by atoms with Gasteiger partial charge in [0.15, 0.2) is 6.17 Å². The van der Waals surface area contributed by atoms with E-state index in [1.54, 1.807) is 18.2 Å². The van der Waals surface area contributed by atoms with Gasteiger partial charge in [-0.25, -0.2) is 4.39 Å². The van der Waals surface area contributed by atoms with E-state index >= 15 is 4.39 Å². The quantitative estimate of drug-likeness (QED) is 0.464. The molecule has 4 aliphatic rings. The molecule has 1 unspecified atom stereocenters. The van der Waals surface area contributed by atoms with E-state index in [9.17, 15) is 14.4 Å². The number of alkyl halides is 1. The van der Waals surface area contributed by atoms with E-state index in [-0.39, 0.29) is 31.3 Å². The van der Waals surface area contributed by atoms with Gasteiger partial charge in [-0.2, -0.15) is 0 Å². The van der Waals surface area contributed by atoms with Crippen LogP contribution in [0.25, 0.3) is 10.9 Å². The highest BCUT2D eigenvalue weighted by molar-refractivity contribution is 6.05. The molecule has 212 valence electrons. The van der Waals surface area contributed by atoms with Gasteiger partial charge in [-0.05, 0) is 60.4 Å². The van der Waals surface area contributed by atoms with Gasteiger partial charge in [0.1, 0.15) is 17.9 Å². The fraction of sp³-hybridized carbons (Fsp3) is 0.419. The highest BCUT2D eigenvalue weighted by Crippen LogP contribution is 2.32. The molecule has 0 aliphatic carbocycles. The zero-order valence-electron chi connectivity index (χ0n) is 22.6. The van der Waals surface area contributed by atoms with Gasteiger partial charge in [-0.15, -0.1) is 0 Å². The van der Waals surface area contributed by atoms with Crippen LogP contribution in [0.15, 0.2) is 48.5 Å². The predicted molar refractivity (Wildman–Crippen MR) is 147 cm³/mol. The zero-order chi connectivity index (χ0) is 28.1. The normalized spacial score (nSPS) is 26.6. The van der Waals surface area contributed by atoms with Crippen molar-refractivity contribution in [2.45, 2.75) is 56.6 Å². The summed E-state index contributed by atoms with van der Waals surface area (Å²) in [6, 6.07) is 14.8. The van der Waals surface area contributed by atoms with Gasteiger partial charge >= 0.3 is 0 Å². The number of halogens is 1. The monoisotopic (exact) mass is 558 g/mol. The molecular formula is C31H31FN4O5. The van der Waals surface area contributed by atoms with Crippen LogP contribution in [0, 0.1) is 0 Å². The van der Waals surface area contributed by atoms with Crippen molar-refractivity contribution in [3.8, 4) is 5.75 Å². The Bertz CT molecular complexity index is 1540. The van der Waals surface area contributed by atoms with Crippen molar-refractivity contribution in [2.24, 2.45) is 0 Å². The van der Waals surface area contributed by atoms with E-state index in [2.05, 4.69) is 34.5 Å². The van der Waals surface area contributed by atoms with E-state index in [0.29, 0.717) is 36.7 Å². The molecule has 3 amide bonds. The molecule has 1 N–H and O–H groups in total. The summed E-state index contributed by atoms with van der Waals surface area (Å²) in [5.41, 5.74) is 4.35. The summed E-state index contributed by atoms with van der Waals surface area (Å²) in [6.07, 6.45) is -0.268. The van der Waals surface area contributed by atoms with Gasteiger partial charge in [0.2, 0.25) is 11.8 Å². The maximum absolute atomic E-state index is 15.1.